The summed E-state index contributed by atoms with van der Waals surface area (Å²) in [5.41, 5.74) is 2.96. The second kappa shape index (κ2) is 9.87. The third-order valence-corrected chi connectivity index (χ3v) is 5.27. The largest absolute Gasteiger partial charge is 0.494 e. The molecule has 1 aliphatic heterocycles. The second-order valence-electron chi connectivity index (χ2n) is 6.59. The number of hydrogen-bond donors (Lipinski definition) is 2. The minimum atomic E-state index is -1.13. The highest BCUT2D eigenvalue weighted by Crippen LogP contribution is 2.30. The summed E-state index contributed by atoms with van der Waals surface area (Å²) in [5.74, 6) is 0.720. The Hall–Kier alpha value is -2.42. The first kappa shape index (κ1) is 21.3. The van der Waals surface area contributed by atoms with Gasteiger partial charge in [-0.1, -0.05) is 34.1 Å². The number of carbonyl (C=O) groups excluding carboxylic acids is 1. The van der Waals surface area contributed by atoms with Gasteiger partial charge in [-0.25, -0.2) is 10.5 Å². The van der Waals surface area contributed by atoms with E-state index in [2.05, 4.69) is 26.4 Å². The summed E-state index contributed by atoms with van der Waals surface area (Å²) < 4.78 is 12.3. The first-order valence-corrected chi connectivity index (χ1v) is 10.0. The zero-order valence-electron chi connectivity index (χ0n) is 16.1. The van der Waals surface area contributed by atoms with Gasteiger partial charge in [-0.3, -0.25) is 9.63 Å². The summed E-state index contributed by atoms with van der Waals surface area (Å²) in [6, 6.07) is 15.0. The van der Waals surface area contributed by atoms with Gasteiger partial charge in [0, 0.05) is 29.5 Å². The molecule has 3 rings (SSSR count). The van der Waals surface area contributed by atoms with Crippen LogP contribution >= 0.6 is 15.9 Å². The predicted molar refractivity (Wildman–Crippen MR) is 112 cm³/mol. The number of benzene rings is 2. The van der Waals surface area contributed by atoms with Crippen LogP contribution in [0.5, 0.6) is 5.75 Å². The normalized spacial score (nSPS) is 18.1. The first-order chi connectivity index (χ1) is 14.1. The van der Waals surface area contributed by atoms with E-state index in [0.717, 1.165) is 15.6 Å². The molecule has 0 bridgehead atoms. The number of rotatable bonds is 9. The average molecular weight is 463 g/mol. The van der Waals surface area contributed by atoms with Crippen LogP contribution in [-0.2, 0) is 20.8 Å². The number of ether oxygens (including phenoxy) is 2. The Morgan fingerprint density at radius 3 is 2.72 bits per heavy atom. The molecular weight excluding hydrogens is 440 g/mol. The number of nitrogens with zero attached hydrogens (tertiary/aromatic N) is 1. The van der Waals surface area contributed by atoms with E-state index in [1.807, 2.05) is 48.5 Å². The lowest BCUT2D eigenvalue weighted by atomic mass is 9.92. The lowest BCUT2D eigenvalue weighted by Gasteiger charge is -2.22. The minimum Gasteiger partial charge on any atom is -0.494 e. The molecule has 29 heavy (non-hydrogen) atoms. The fourth-order valence-corrected chi connectivity index (χ4v) is 3.40. The van der Waals surface area contributed by atoms with Gasteiger partial charge in [-0.2, -0.15) is 0 Å². The Balaban J connectivity index is 1.84. The maximum Gasteiger partial charge on any atom is 0.275 e. The van der Waals surface area contributed by atoms with Crippen LogP contribution in [-0.4, -0.2) is 49.4 Å². The lowest BCUT2D eigenvalue weighted by Crippen LogP contribution is -2.48. The van der Waals surface area contributed by atoms with E-state index in [1.165, 1.54) is 7.11 Å². The number of nitrogens with one attached hydrogen (secondary N) is 1. The molecule has 1 aliphatic rings. The van der Waals surface area contributed by atoms with E-state index in [4.69, 9.17) is 19.4 Å². The first-order valence-electron chi connectivity index (χ1n) is 9.21. The van der Waals surface area contributed by atoms with Crippen molar-refractivity contribution < 1.29 is 24.2 Å². The maximum absolute atomic E-state index is 12.8. The van der Waals surface area contributed by atoms with Gasteiger partial charge in [0.15, 0.2) is 5.54 Å². The van der Waals surface area contributed by atoms with Crippen LogP contribution in [0.2, 0.25) is 0 Å². The molecule has 1 amide bonds. The number of halogens is 1. The second-order valence-corrected chi connectivity index (χ2v) is 7.45. The third kappa shape index (κ3) is 5.14. The quantitative estimate of drug-likeness (QED) is 0.441. The summed E-state index contributed by atoms with van der Waals surface area (Å²) in [4.78, 5) is 22.3. The van der Waals surface area contributed by atoms with Gasteiger partial charge in [-0.05, 0) is 35.9 Å². The molecule has 0 aromatic heterocycles. The topological polar surface area (TPSA) is 89.4 Å². The highest BCUT2D eigenvalue weighted by atomic mass is 79.9. The Labute approximate surface area is 177 Å². The van der Waals surface area contributed by atoms with E-state index in [1.54, 1.807) is 0 Å². The molecule has 7 nitrogen and oxygen atoms in total. The monoisotopic (exact) mass is 462 g/mol. The van der Waals surface area contributed by atoms with Crippen molar-refractivity contribution in [2.75, 3.05) is 26.9 Å². The molecule has 2 aromatic rings. The lowest BCUT2D eigenvalue weighted by molar-refractivity contribution is -0.137. The van der Waals surface area contributed by atoms with Crippen molar-refractivity contribution in [3.05, 3.63) is 64.1 Å². The number of carbonyl (C=O) groups is 1. The highest BCUT2D eigenvalue weighted by Gasteiger charge is 2.45. The van der Waals surface area contributed by atoms with E-state index >= 15 is 0 Å². The van der Waals surface area contributed by atoms with Crippen LogP contribution < -0.4 is 10.2 Å². The van der Waals surface area contributed by atoms with Gasteiger partial charge >= 0.3 is 0 Å². The molecule has 2 aromatic carbocycles. The van der Waals surface area contributed by atoms with Gasteiger partial charge in [0.2, 0.25) is 5.90 Å². The third-order valence-electron chi connectivity index (χ3n) is 4.49. The van der Waals surface area contributed by atoms with E-state index in [0.29, 0.717) is 31.1 Å². The van der Waals surface area contributed by atoms with Crippen molar-refractivity contribution >= 4 is 27.7 Å². The van der Waals surface area contributed by atoms with Crippen LogP contribution in [0.15, 0.2) is 58.0 Å². The molecule has 0 spiro atoms. The highest BCUT2D eigenvalue weighted by molar-refractivity contribution is 9.10. The Morgan fingerprint density at radius 2 is 2.03 bits per heavy atom. The van der Waals surface area contributed by atoms with Crippen LogP contribution in [0.1, 0.15) is 17.5 Å². The van der Waals surface area contributed by atoms with Crippen molar-refractivity contribution in [1.29, 1.82) is 0 Å². The smallest absolute Gasteiger partial charge is 0.275 e. The number of amides is 1. The number of hydrogen-bond acceptors (Lipinski definition) is 6. The zero-order valence-corrected chi connectivity index (χ0v) is 17.6. The molecule has 1 heterocycles. The Bertz CT molecular complexity index is 872. The summed E-state index contributed by atoms with van der Waals surface area (Å²) >= 11 is 3.53. The Morgan fingerprint density at radius 1 is 1.28 bits per heavy atom. The van der Waals surface area contributed by atoms with Crippen LogP contribution in [0.25, 0.3) is 0 Å². The molecule has 8 heteroatoms. The molecule has 154 valence electrons. The van der Waals surface area contributed by atoms with Gasteiger partial charge in [-0.15, -0.1) is 0 Å². The van der Waals surface area contributed by atoms with E-state index < -0.39 is 5.54 Å². The number of aliphatic imine (C=N–C) groups is 1. The summed E-state index contributed by atoms with van der Waals surface area (Å²) in [7, 11) is 1.39. The summed E-state index contributed by atoms with van der Waals surface area (Å²) in [6.07, 6.45) is 0.930. The van der Waals surface area contributed by atoms with Gasteiger partial charge in [0.1, 0.15) is 12.4 Å². The van der Waals surface area contributed by atoms with E-state index in [-0.39, 0.29) is 19.1 Å². The fraction of sp³-hybridized carbons (Fsp3) is 0.333. The zero-order chi connectivity index (χ0) is 20.7. The number of aliphatic hydroxyl groups is 1. The van der Waals surface area contributed by atoms with Crippen molar-refractivity contribution in [2.24, 2.45) is 4.99 Å². The van der Waals surface area contributed by atoms with Crippen molar-refractivity contribution in [3.8, 4) is 5.75 Å². The predicted octanol–water partition coefficient (Wildman–Crippen LogP) is 2.65. The van der Waals surface area contributed by atoms with Crippen LogP contribution in [0.3, 0.4) is 0 Å². The molecule has 0 unspecified atom stereocenters. The minimum absolute atomic E-state index is 0.0892. The van der Waals surface area contributed by atoms with Crippen LogP contribution in [0, 0.1) is 0 Å². The molecule has 1 atom stereocenters. The van der Waals surface area contributed by atoms with Crippen molar-refractivity contribution in [2.45, 2.75) is 18.4 Å². The average Bonchev–Trinajstić information content (AvgIpc) is 3.16. The SMILES string of the molecule is CONC(=O)[C@]1(Cc2ccccc2Br)COC(c2ccc(OCCCO)cc2)=N1. The summed E-state index contributed by atoms with van der Waals surface area (Å²) in [5, 5.41) is 8.83. The van der Waals surface area contributed by atoms with Gasteiger partial charge < -0.3 is 14.6 Å². The molecule has 0 radical (unpaired) electrons. The molecule has 0 saturated carbocycles. The standard InChI is InChI=1S/C21H23BrN2O5/c1-27-24-20(26)21(13-16-5-2-3-6-18(16)22)14-29-19(23-21)15-7-9-17(10-8-15)28-12-4-11-25/h2-3,5-10,25H,4,11-14H2,1H3,(H,24,26)/t21-/m0/s1. The maximum atomic E-state index is 12.8. The van der Waals surface area contributed by atoms with Crippen molar-refractivity contribution in [1.82, 2.24) is 5.48 Å². The fourth-order valence-electron chi connectivity index (χ4n) is 2.97. The molecular formula is C21H23BrN2O5. The van der Waals surface area contributed by atoms with Gasteiger partial charge in [0.25, 0.3) is 5.91 Å². The number of hydroxylamine groups is 1. The number of aliphatic hydroxyl groups excluding tert-OH is 1. The molecule has 0 saturated heterocycles. The molecule has 0 fully saturated rings. The van der Waals surface area contributed by atoms with E-state index in [9.17, 15) is 4.79 Å². The van der Waals surface area contributed by atoms with Crippen molar-refractivity contribution in [3.63, 3.8) is 0 Å². The van der Waals surface area contributed by atoms with Gasteiger partial charge in [0.05, 0.1) is 13.7 Å². The Kier molecular flexibility index (Phi) is 7.24. The van der Waals surface area contributed by atoms with Crippen LogP contribution in [0.4, 0.5) is 0 Å². The summed E-state index contributed by atoms with van der Waals surface area (Å²) in [6.45, 7) is 0.638. The molecule has 2 N–H and O–H groups in total. The molecule has 0 aliphatic carbocycles.